The lowest BCUT2D eigenvalue weighted by Gasteiger charge is -1.97. The summed E-state index contributed by atoms with van der Waals surface area (Å²) < 4.78 is 0. The van der Waals surface area contributed by atoms with Crippen LogP contribution in [0, 0.1) is 6.92 Å². The number of hydrogen-bond acceptors (Lipinski definition) is 3. The number of benzene rings is 1. The predicted octanol–water partition coefficient (Wildman–Crippen LogP) is 2.96. The first-order valence-corrected chi connectivity index (χ1v) is 6.75. The second-order valence-electron chi connectivity index (χ2n) is 4.13. The number of rotatable bonds is 5. The number of thiazole rings is 1. The zero-order valence-corrected chi connectivity index (χ0v) is 11.2. The van der Waals surface area contributed by atoms with Gasteiger partial charge >= 0.3 is 0 Å². The van der Waals surface area contributed by atoms with Crippen molar-refractivity contribution in [1.29, 1.82) is 0 Å². The van der Waals surface area contributed by atoms with Crippen LogP contribution >= 0.6 is 11.3 Å². The third-order valence-electron chi connectivity index (χ3n) is 2.74. The largest absolute Gasteiger partial charge is 0.315 e. The van der Waals surface area contributed by atoms with Crippen molar-refractivity contribution in [2.45, 2.75) is 26.3 Å². The van der Waals surface area contributed by atoms with E-state index in [0.29, 0.717) is 0 Å². The highest BCUT2D eigenvalue weighted by atomic mass is 32.1. The van der Waals surface area contributed by atoms with E-state index < -0.39 is 0 Å². The minimum Gasteiger partial charge on any atom is -0.315 e. The van der Waals surface area contributed by atoms with Crippen LogP contribution < -0.4 is 5.32 Å². The summed E-state index contributed by atoms with van der Waals surface area (Å²) in [6.45, 7) is 3.02. The van der Waals surface area contributed by atoms with Crippen molar-refractivity contribution in [3.63, 3.8) is 0 Å². The normalized spacial score (nSPS) is 10.7. The molecule has 17 heavy (non-hydrogen) atoms. The van der Waals surface area contributed by atoms with E-state index in [-0.39, 0.29) is 0 Å². The van der Waals surface area contributed by atoms with E-state index in [1.165, 1.54) is 21.1 Å². The lowest BCUT2D eigenvalue weighted by atomic mass is 10.1. The van der Waals surface area contributed by atoms with Crippen LogP contribution in [0.2, 0.25) is 0 Å². The Morgan fingerprint density at radius 3 is 2.65 bits per heavy atom. The molecule has 0 aliphatic rings. The molecular weight excluding hydrogens is 228 g/mol. The first kappa shape index (κ1) is 12.3. The third-order valence-corrected chi connectivity index (χ3v) is 3.96. The summed E-state index contributed by atoms with van der Waals surface area (Å²) in [5, 5.41) is 4.43. The third kappa shape index (κ3) is 3.38. The summed E-state index contributed by atoms with van der Waals surface area (Å²) in [5.41, 5.74) is 2.56. The first-order chi connectivity index (χ1) is 8.29. The van der Waals surface area contributed by atoms with Crippen molar-refractivity contribution < 1.29 is 0 Å². The van der Waals surface area contributed by atoms with Gasteiger partial charge in [-0.1, -0.05) is 30.3 Å². The summed E-state index contributed by atoms with van der Waals surface area (Å²) in [6.07, 6.45) is 2.12. The number of nitrogens with one attached hydrogen (secondary N) is 1. The maximum absolute atomic E-state index is 4.62. The van der Waals surface area contributed by atoms with Gasteiger partial charge in [0.25, 0.3) is 0 Å². The Morgan fingerprint density at radius 2 is 1.94 bits per heavy atom. The van der Waals surface area contributed by atoms with Gasteiger partial charge in [-0.3, -0.25) is 0 Å². The average Bonchev–Trinajstić information content (AvgIpc) is 2.70. The molecule has 0 saturated carbocycles. The minimum absolute atomic E-state index is 0.925. The standard InChI is InChI=1S/C14H18N2S/c1-11-13(10-15-2)17-14(16-11)9-8-12-6-4-3-5-7-12/h3-7,15H,8-10H2,1-2H3. The topological polar surface area (TPSA) is 24.9 Å². The van der Waals surface area contributed by atoms with Gasteiger partial charge in [0.15, 0.2) is 0 Å². The molecule has 0 amide bonds. The van der Waals surface area contributed by atoms with Gasteiger partial charge in [0, 0.05) is 17.8 Å². The summed E-state index contributed by atoms with van der Waals surface area (Å²) >= 11 is 1.83. The zero-order valence-electron chi connectivity index (χ0n) is 10.4. The van der Waals surface area contributed by atoms with E-state index in [2.05, 4.69) is 47.6 Å². The highest BCUT2D eigenvalue weighted by Gasteiger charge is 2.06. The van der Waals surface area contributed by atoms with Crippen LogP contribution in [0.5, 0.6) is 0 Å². The molecule has 0 atom stereocenters. The zero-order chi connectivity index (χ0) is 12.1. The van der Waals surface area contributed by atoms with E-state index in [0.717, 1.165) is 19.4 Å². The molecule has 0 aliphatic heterocycles. The van der Waals surface area contributed by atoms with E-state index >= 15 is 0 Å². The molecule has 0 unspecified atom stereocenters. The van der Waals surface area contributed by atoms with Gasteiger partial charge in [0.05, 0.1) is 10.7 Å². The maximum atomic E-state index is 4.62. The summed E-state index contributed by atoms with van der Waals surface area (Å²) in [6, 6.07) is 10.6. The summed E-state index contributed by atoms with van der Waals surface area (Å²) in [5.74, 6) is 0. The Balaban J connectivity index is 1.97. The Kier molecular flexibility index (Phi) is 4.29. The molecule has 0 bridgehead atoms. The molecule has 1 aromatic heterocycles. The van der Waals surface area contributed by atoms with Gasteiger partial charge in [0.2, 0.25) is 0 Å². The van der Waals surface area contributed by atoms with Crippen LogP contribution in [0.3, 0.4) is 0 Å². The highest BCUT2D eigenvalue weighted by Crippen LogP contribution is 2.19. The monoisotopic (exact) mass is 246 g/mol. The molecule has 0 saturated heterocycles. The van der Waals surface area contributed by atoms with Crippen molar-refractivity contribution in [3.05, 3.63) is 51.5 Å². The van der Waals surface area contributed by atoms with Crippen molar-refractivity contribution in [2.75, 3.05) is 7.05 Å². The van der Waals surface area contributed by atoms with E-state index in [9.17, 15) is 0 Å². The minimum atomic E-state index is 0.925. The molecule has 90 valence electrons. The lowest BCUT2D eigenvalue weighted by Crippen LogP contribution is -2.04. The number of nitrogens with zero attached hydrogens (tertiary/aromatic N) is 1. The molecule has 1 N–H and O–H groups in total. The fourth-order valence-electron chi connectivity index (χ4n) is 1.82. The molecule has 2 rings (SSSR count). The number of aryl methyl sites for hydroxylation is 3. The lowest BCUT2D eigenvalue weighted by molar-refractivity contribution is 0.822. The molecule has 2 aromatic rings. The molecule has 0 fully saturated rings. The molecule has 1 aromatic carbocycles. The van der Waals surface area contributed by atoms with Gasteiger partial charge in [-0.2, -0.15) is 0 Å². The average molecular weight is 246 g/mol. The van der Waals surface area contributed by atoms with Crippen LogP contribution in [0.1, 0.15) is 21.1 Å². The summed E-state index contributed by atoms with van der Waals surface area (Å²) in [4.78, 5) is 5.98. The number of hydrogen-bond donors (Lipinski definition) is 1. The Labute approximate surface area is 107 Å². The van der Waals surface area contributed by atoms with Gasteiger partial charge in [-0.05, 0) is 26.0 Å². The molecule has 2 nitrogen and oxygen atoms in total. The number of aromatic nitrogens is 1. The van der Waals surface area contributed by atoms with Gasteiger partial charge in [-0.15, -0.1) is 11.3 Å². The van der Waals surface area contributed by atoms with Crippen LogP contribution in [-0.2, 0) is 19.4 Å². The van der Waals surface area contributed by atoms with E-state index in [1.807, 2.05) is 18.4 Å². The molecule has 0 aliphatic carbocycles. The fraction of sp³-hybridized carbons (Fsp3) is 0.357. The van der Waals surface area contributed by atoms with Crippen LogP contribution in [0.15, 0.2) is 30.3 Å². The van der Waals surface area contributed by atoms with Crippen molar-refractivity contribution in [1.82, 2.24) is 10.3 Å². The van der Waals surface area contributed by atoms with Gasteiger partial charge in [-0.25, -0.2) is 4.98 Å². The van der Waals surface area contributed by atoms with Crippen LogP contribution in [-0.4, -0.2) is 12.0 Å². The van der Waals surface area contributed by atoms with Crippen molar-refractivity contribution >= 4 is 11.3 Å². The maximum Gasteiger partial charge on any atom is 0.0934 e. The Morgan fingerprint density at radius 1 is 1.18 bits per heavy atom. The molecule has 0 spiro atoms. The predicted molar refractivity (Wildman–Crippen MR) is 73.5 cm³/mol. The molecule has 1 heterocycles. The fourth-order valence-corrected chi connectivity index (χ4v) is 2.90. The van der Waals surface area contributed by atoms with E-state index in [1.54, 1.807) is 0 Å². The highest BCUT2D eigenvalue weighted by molar-refractivity contribution is 7.11. The second kappa shape index (κ2) is 5.94. The Bertz CT molecular complexity index is 462. The smallest absolute Gasteiger partial charge is 0.0934 e. The van der Waals surface area contributed by atoms with E-state index in [4.69, 9.17) is 0 Å². The van der Waals surface area contributed by atoms with Crippen molar-refractivity contribution in [3.8, 4) is 0 Å². The Hall–Kier alpha value is -1.19. The molecule has 3 heteroatoms. The SMILES string of the molecule is CNCc1sc(CCc2ccccc2)nc1C. The van der Waals surface area contributed by atoms with Crippen LogP contribution in [0.4, 0.5) is 0 Å². The molecular formula is C14H18N2S. The quantitative estimate of drug-likeness (QED) is 0.877. The first-order valence-electron chi connectivity index (χ1n) is 5.93. The van der Waals surface area contributed by atoms with Gasteiger partial charge in [0.1, 0.15) is 0 Å². The second-order valence-corrected chi connectivity index (χ2v) is 5.30. The van der Waals surface area contributed by atoms with Gasteiger partial charge < -0.3 is 5.32 Å². The van der Waals surface area contributed by atoms with Crippen molar-refractivity contribution in [2.24, 2.45) is 0 Å². The molecule has 0 radical (unpaired) electrons. The summed E-state index contributed by atoms with van der Waals surface area (Å²) in [7, 11) is 1.98. The van der Waals surface area contributed by atoms with Crippen LogP contribution in [0.25, 0.3) is 0 Å².